The number of alkyl halides is 2. The molecule has 9 heavy (non-hydrogen) atoms. The molecule has 1 nitrogen and oxygen atoms in total. The Morgan fingerprint density at radius 2 is 2.22 bits per heavy atom. The maximum atomic E-state index is 11.9. The zero-order valence-electron chi connectivity index (χ0n) is 5.48. The van der Waals surface area contributed by atoms with E-state index in [9.17, 15) is 8.78 Å². The Morgan fingerprint density at radius 3 is 2.44 bits per heavy atom. The second kappa shape index (κ2) is 2.60. The molecule has 0 radical (unpaired) electrons. The molecule has 1 atom stereocenters. The summed E-state index contributed by atoms with van der Waals surface area (Å²) in [6.45, 7) is 0.828. The van der Waals surface area contributed by atoms with E-state index in [4.69, 9.17) is 0 Å². The van der Waals surface area contributed by atoms with Crippen molar-refractivity contribution in [2.24, 2.45) is 0 Å². The lowest BCUT2D eigenvalue weighted by Gasteiger charge is -2.17. The molecule has 0 aliphatic carbocycles. The molecule has 0 N–H and O–H groups in total. The molecule has 3 heteroatoms. The van der Waals surface area contributed by atoms with Crippen LogP contribution in [0.4, 0.5) is 8.78 Å². The van der Waals surface area contributed by atoms with E-state index in [1.165, 1.54) is 0 Å². The molecule has 1 rings (SSSR count). The lowest BCUT2D eigenvalue weighted by Crippen LogP contribution is -2.31. The van der Waals surface area contributed by atoms with Gasteiger partial charge in [0.1, 0.15) is 0 Å². The summed E-state index contributed by atoms with van der Waals surface area (Å²) in [5.41, 5.74) is 0. The Bertz CT molecular complexity index is 95.1. The van der Waals surface area contributed by atoms with Crippen molar-refractivity contribution >= 4 is 0 Å². The summed E-state index contributed by atoms with van der Waals surface area (Å²) in [5, 5.41) is 0. The minimum absolute atomic E-state index is 0.468. The van der Waals surface area contributed by atoms with Crippen LogP contribution in [0.3, 0.4) is 0 Å². The fraction of sp³-hybridized carbons (Fsp3) is 1.00. The van der Waals surface area contributed by atoms with Crippen molar-refractivity contribution in [2.45, 2.75) is 25.3 Å². The molecule has 1 aliphatic rings. The average Bonchev–Trinajstić information content (AvgIpc) is 2.13. The molecule has 0 aromatic carbocycles. The first-order valence-corrected chi connectivity index (χ1v) is 3.20. The molecule has 1 saturated heterocycles. The molecule has 0 unspecified atom stereocenters. The van der Waals surface area contributed by atoms with E-state index in [0.717, 1.165) is 13.0 Å². The molecule has 0 aromatic rings. The molecule has 0 amide bonds. The van der Waals surface area contributed by atoms with Crippen LogP contribution in [-0.2, 0) is 0 Å². The van der Waals surface area contributed by atoms with E-state index in [2.05, 4.69) is 0 Å². The normalized spacial score (nSPS) is 30.0. The highest BCUT2D eigenvalue weighted by Crippen LogP contribution is 2.20. The summed E-state index contributed by atoms with van der Waals surface area (Å²) in [5.74, 6) is 0. The minimum atomic E-state index is -2.16. The second-order valence-corrected chi connectivity index (χ2v) is 2.52. The predicted molar refractivity (Wildman–Crippen MR) is 31.7 cm³/mol. The van der Waals surface area contributed by atoms with Gasteiger partial charge in [0, 0.05) is 0 Å². The van der Waals surface area contributed by atoms with Gasteiger partial charge in [-0.2, -0.15) is 0 Å². The summed E-state index contributed by atoms with van der Waals surface area (Å²) in [6.07, 6.45) is -0.572. The molecule has 1 fully saturated rings. The predicted octanol–water partition coefficient (Wildman–Crippen LogP) is 1.35. The summed E-state index contributed by atoms with van der Waals surface area (Å²) >= 11 is 0. The molecule has 0 spiro atoms. The van der Waals surface area contributed by atoms with Crippen LogP contribution in [0.15, 0.2) is 0 Å². The second-order valence-electron chi connectivity index (χ2n) is 2.52. The highest BCUT2D eigenvalue weighted by molar-refractivity contribution is 4.77. The molecule has 1 heterocycles. The van der Waals surface area contributed by atoms with Gasteiger partial charge < -0.3 is 0 Å². The zero-order chi connectivity index (χ0) is 6.85. The van der Waals surface area contributed by atoms with Gasteiger partial charge in [-0.3, -0.25) is 4.90 Å². The number of rotatable bonds is 1. The van der Waals surface area contributed by atoms with Crippen LogP contribution in [0, 0.1) is 0 Å². The molecule has 0 saturated carbocycles. The Kier molecular flexibility index (Phi) is 2.01. The Labute approximate surface area is 53.6 Å². The van der Waals surface area contributed by atoms with Gasteiger partial charge in [-0.1, -0.05) is 0 Å². The van der Waals surface area contributed by atoms with E-state index in [1.54, 1.807) is 11.9 Å². The first-order chi connectivity index (χ1) is 4.22. The van der Waals surface area contributed by atoms with Crippen molar-refractivity contribution in [2.75, 3.05) is 13.6 Å². The Hall–Kier alpha value is -0.180. The minimum Gasteiger partial charge on any atom is -0.298 e. The van der Waals surface area contributed by atoms with Crippen molar-refractivity contribution in [3.63, 3.8) is 0 Å². The lowest BCUT2D eigenvalue weighted by atomic mass is 10.2. The van der Waals surface area contributed by atoms with E-state index in [1.807, 2.05) is 0 Å². The fourth-order valence-electron chi connectivity index (χ4n) is 1.25. The molecular weight excluding hydrogens is 124 g/mol. The Balaban J connectivity index is 2.40. The van der Waals surface area contributed by atoms with E-state index in [-0.39, 0.29) is 0 Å². The maximum Gasteiger partial charge on any atom is 0.253 e. The monoisotopic (exact) mass is 135 g/mol. The van der Waals surface area contributed by atoms with Crippen LogP contribution in [0.5, 0.6) is 0 Å². The van der Waals surface area contributed by atoms with Gasteiger partial charge in [0.25, 0.3) is 6.43 Å². The van der Waals surface area contributed by atoms with E-state index >= 15 is 0 Å². The molecule has 0 bridgehead atoms. The van der Waals surface area contributed by atoms with Gasteiger partial charge in [0.05, 0.1) is 6.04 Å². The molecule has 1 aliphatic heterocycles. The van der Waals surface area contributed by atoms with Gasteiger partial charge in [-0.05, 0) is 26.4 Å². The fourth-order valence-corrected chi connectivity index (χ4v) is 1.25. The topological polar surface area (TPSA) is 3.24 Å². The number of hydrogen-bond acceptors (Lipinski definition) is 1. The number of halogens is 2. The van der Waals surface area contributed by atoms with Gasteiger partial charge in [-0.25, -0.2) is 8.78 Å². The summed E-state index contributed by atoms with van der Waals surface area (Å²) in [6, 6.07) is -0.468. The van der Waals surface area contributed by atoms with E-state index in [0.29, 0.717) is 6.42 Å². The van der Waals surface area contributed by atoms with Crippen LogP contribution in [0.25, 0.3) is 0 Å². The van der Waals surface area contributed by atoms with Crippen LogP contribution < -0.4 is 0 Å². The standard InChI is InChI=1S/C6H11F2N/c1-9-4-2-3-5(9)6(7)8/h5-6H,2-4H2,1H3/t5-/m0/s1. The Morgan fingerprint density at radius 1 is 1.56 bits per heavy atom. The van der Waals surface area contributed by atoms with Crippen molar-refractivity contribution in [1.82, 2.24) is 4.90 Å². The van der Waals surface area contributed by atoms with Crippen LogP contribution in [0.2, 0.25) is 0 Å². The largest absolute Gasteiger partial charge is 0.298 e. The smallest absolute Gasteiger partial charge is 0.253 e. The van der Waals surface area contributed by atoms with Crippen molar-refractivity contribution < 1.29 is 8.78 Å². The van der Waals surface area contributed by atoms with Crippen LogP contribution in [-0.4, -0.2) is 31.0 Å². The SMILES string of the molecule is CN1CCC[C@H]1C(F)F. The van der Waals surface area contributed by atoms with Gasteiger partial charge in [0.2, 0.25) is 0 Å². The van der Waals surface area contributed by atoms with Crippen LogP contribution >= 0.6 is 0 Å². The lowest BCUT2D eigenvalue weighted by molar-refractivity contribution is 0.0589. The van der Waals surface area contributed by atoms with Crippen molar-refractivity contribution in [3.05, 3.63) is 0 Å². The third kappa shape index (κ3) is 1.39. The zero-order valence-corrected chi connectivity index (χ0v) is 5.48. The highest BCUT2D eigenvalue weighted by atomic mass is 19.3. The maximum absolute atomic E-state index is 11.9. The number of hydrogen-bond donors (Lipinski definition) is 0. The third-order valence-electron chi connectivity index (χ3n) is 1.87. The summed E-state index contributed by atoms with van der Waals surface area (Å²) < 4.78 is 23.9. The molecular formula is C6H11F2N. The average molecular weight is 135 g/mol. The third-order valence-corrected chi connectivity index (χ3v) is 1.87. The van der Waals surface area contributed by atoms with Crippen LogP contribution in [0.1, 0.15) is 12.8 Å². The van der Waals surface area contributed by atoms with Crippen molar-refractivity contribution in [1.29, 1.82) is 0 Å². The quantitative estimate of drug-likeness (QED) is 0.524. The van der Waals surface area contributed by atoms with Gasteiger partial charge in [-0.15, -0.1) is 0 Å². The number of likely N-dealkylation sites (tertiary alicyclic amines) is 1. The first-order valence-electron chi connectivity index (χ1n) is 3.20. The first kappa shape index (κ1) is 6.93. The molecule has 0 aromatic heterocycles. The van der Waals surface area contributed by atoms with Crippen molar-refractivity contribution in [3.8, 4) is 0 Å². The summed E-state index contributed by atoms with van der Waals surface area (Å²) in [7, 11) is 1.75. The van der Waals surface area contributed by atoms with Gasteiger partial charge >= 0.3 is 0 Å². The number of nitrogens with zero attached hydrogens (tertiary/aromatic N) is 1. The summed E-state index contributed by atoms with van der Waals surface area (Å²) in [4.78, 5) is 1.73. The van der Waals surface area contributed by atoms with Gasteiger partial charge in [0.15, 0.2) is 0 Å². The highest BCUT2D eigenvalue weighted by Gasteiger charge is 2.28. The molecule has 54 valence electrons. The van der Waals surface area contributed by atoms with E-state index < -0.39 is 12.5 Å².